The van der Waals surface area contributed by atoms with Crippen LogP contribution in [0.3, 0.4) is 0 Å². The van der Waals surface area contributed by atoms with Crippen LogP contribution in [0.4, 0.5) is 4.39 Å². The van der Waals surface area contributed by atoms with Crippen molar-refractivity contribution in [3.63, 3.8) is 0 Å². The summed E-state index contributed by atoms with van der Waals surface area (Å²) in [5, 5.41) is 0. The Hall–Kier alpha value is -3.21. The maximum absolute atomic E-state index is 13.3. The Balaban J connectivity index is 1.93. The van der Waals surface area contributed by atoms with Crippen LogP contribution in [0.5, 0.6) is 5.75 Å². The summed E-state index contributed by atoms with van der Waals surface area (Å²) in [5.41, 5.74) is 1.22. The molecule has 0 amide bonds. The SMILES string of the molecule is C=CCOc1ccccc1C=C1N=C(c2cccc(F)c2)OC1=O. The molecule has 4 nitrogen and oxygen atoms in total. The van der Waals surface area contributed by atoms with E-state index in [9.17, 15) is 9.18 Å². The van der Waals surface area contributed by atoms with Crippen molar-refractivity contribution in [3.8, 4) is 5.75 Å². The van der Waals surface area contributed by atoms with E-state index >= 15 is 0 Å². The maximum Gasteiger partial charge on any atom is 0.363 e. The first-order valence-electron chi connectivity index (χ1n) is 7.28. The minimum Gasteiger partial charge on any atom is -0.489 e. The number of ether oxygens (including phenoxy) is 2. The molecule has 0 saturated carbocycles. The molecule has 24 heavy (non-hydrogen) atoms. The topological polar surface area (TPSA) is 47.9 Å². The van der Waals surface area contributed by atoms with E-state index in [1.165, 1.54) is 18.2 Å². The van der Waals surface area contributed by atoms with Crippen LogP contribution in [0.25, 0.3) is 6.08 Å². The van der Waals surface area contributed by atoms with Crippen LogP contribution < -0.4 is 4.74 Å². The molecule has 0 spiro atoms. The lowest BCUT2D eigenvalue weighted by atomic mass is 10.1. The van der Waals surface area contributed by atoms with E-state index in [0.717, 1.165) is 0 Å². The number of rotatable bonds is 5. The molecule has 0 saturated heterocycles. The fraction of sp³-hybridized carbons (Fsp3) is 0.0526. The molecule has 0 bridgehead atoms. The highest BCUT2D eigenvalue weighted by Crippen LogP contribution is 2.24. The average molecular weight is 323 g/mol. The van der Waals surface area contributed by atoms with E-state index in [2.05, 4.69) is 11.6 Å². The van der Waals surface area contributed by atoms with Gasteiger partial charge in [0.15, 0.2) is 5.70 Å². The molecule has 0 aromatic heterocycles. The smallest absolute Gasteiger partial charge is 0.363 e. The first kappa shape index (κ1) is 15.7. The van der Waals surface area contributed by atoms with E-state index in [0.29, 0.717) is 23.5 Å². The highest BCUT2D eigenvalue weighted by Gasteiger charge is 2.24. The Labute approximate surface area is 138 Å². The number of carbonyl (C=O) groups excluding carboxylic acids is 1. The van der Waals surface area contributed by atoms with Crippen molar-refractivity contribution in [3.05, 3.63) is 83.8 Å². The van der Waals surface area contributed by atoms with E-state index < -0.39 is 11.8 Å². The summed E-state index contributed by atoms with van der Waals surface area (Å²) < 4.78 is 24.0. The van der Waals surface area contributed by atoms with Crippen molar-refractivity contribution in [2.75, 3.05) is 6.61 Å². The number of cyclic esters (lactones) is 1. The zero-order chi connectivity index (χ0) is 16.9. The molecule has 0 radical (unpaired) electrons. The molecule has 0 fully saturated rings. The number of para-hydroxylation sites is 1. The van der Waals surface area contributed by atoms with Gasteiger partial charge < -0.3 is 9.47 Å². The summed E-state index contributed by atoms with van der Waals surface area (Å²) in [6.45, 7) is 3.95. The minimum atomic E-state index is -0.590. The van der Waals surface area contributed by atoms with Gasteiger partial charge in [-0.2, -0.15) is 0 Å². The van der Waals surface area contributed by atoms with Gasteiger partial charge in [-0.25, -0.2) is 14.2 Å². The summed E-state index contributed by atoms with van der Waals surface area (Å²) in [6.07, 6.45) is 3.21. The summed E-state index contributed by atoms with van der Waals surface area (Å²) in [6, 6.07) is 13.0. The molecular weight excluding hydrogens is 309 g/mol. The number of esters is 1. The highest BCUT2D eigenvalue weighted by atomic mass is 19.1. The highest BCUT2D eigenvalue weighted by molar-refractivity contribution is 6.12. The number of hydrogen-bond acceptors (Lipinski definition) is 4. The molecule has 0 aliphatic carbocycles. The normalized spacial score (nSPS) is 15.1. The number of carbonyl (C=O) groups is 1. The monoisotopic (exact) mass is 323 g/mol. The van der Waals surface area contributed by atoms with Crippen LogP contribution in [0, 0.1) is 5.82 Å². The molecule has 120 valence electrons. The van der Waals surface area contributed by atoms with Crippen LogP contribution in [0.1, 0.15) is 11.1 Å². The third-order valence-corrected chi connectivity index (χ3v) is 3.26. The van der Waals surface area contributed by atoms with Crippen molar-refractivity contribution in [1.29, 1.82) is 0 Å². The third kappa shape index (κ3) is 3.41. The van der Waals surface area contributed by atoms with Gasteiger partial charge in [0.1, 0.15) is 18.2 Å². The van der Waals surface area contributed by atoms with E-state index in [4.69, 9.17) is 9.47 Å². The first-order valence-corrected chi connectivity index (χ1v) is 7.28. The second-order valence-electron chi connectivity index (χ2n) is 4.98. The molecule has 3 rings (SSSR count). The van der Waals surface area contributed by atoms with Gasteiger partial charge >= 0.3 is 5.97 Å². The van der Waals surface area contributed by atoms with E-state index in [1.807, 2.05) is 12.1 Å². The standard InChI is InChI=1S/C19H14FNO3/c1-2-10-23-17-9-4-3-6-13(17)12-16-19(22)24-18(21-16)14-7-5-8-15(20)11-14/h2-9,11-12H,1,10H2. The number of nitrogens with zero attached hydrogens (tertiary/aromatic N) is 1. The van der Waals surface area contributed by atoms with Crippen molar-refractivity contribution in [1.82, 2.24) is 0 Å². The average Bonchev–Trinajstić information content (AvgIpc) is 2.95. The summed E-state index contributed by atoms with van der Waals surface area (Å²) in [7, 11) is 0. The van der Waals surface area contributed by atoms with Gasteiger partial charge in [-0.3, -0.25) is 0 Å². The summed E-state index contributed by atoms with van der Waals surface area (Å²) in [5.74, 6) is -0.331. The molecule has 2 aromatic carbocycles. The Morgan fingerprint density at radius 2 is 2.04 bits per heavy atom. The van der Waals surface area contributed by atoms with Gasteiger partial charge in [-0.15, -0.1) is 0 Å². The summed E-state index contributed by atoms with van der Waals surface area (Å²) >= 11 is 0. The molecule has 5 heteroatoms. The lowest BCUT2D eigenvalue weighted by molar-refractivity contribution is -0.129. The second kappa shape index (κ2) is 6.91. The van der Waals surface area contributed by atoms with E-state index in [-0.39, 0.29) is 11.6 Å². The van der Waals surface area contributed by atoms with Gasteiger partial charge in [0.05, 0.1) is 0 Å². The molecule has 1 heterocycles. The lowest BCUT2D eigenvalue weighted by Crippen LogP contribution is -2.05. The quantitative estimate of drug-likeness (QED) is 0.478. The maximum atomic E-state index is 13.3. The Morgan fingerprint density at radius 3 is 2.83 bits per heavy atom. The number of aliphatic imine (C=N–C) groups is 1. The first-order chi connectivity index (χ1) is 11.7. The van der Waals surface area contributed by atoms with Gasteiger partial charge in [0.25, 0.3) is 0 Å². The Kier molecular flexibility index (Phi) is 4.52. The molecule has 1 aliphatic rings. The van der Waals surface area contributed by atoms with Crippen molar-refractivity contribution in [2.45, 2.75) is 0 Å². The zero-order valence-electron chi connectivity index (χ0n) is 12.7. The van der Waals surface area contributed by atoms with Gasteiger partial charge in [0, 0.05) is 11.1 Å². The summed E-state index contributed by atoms with van der Waals surface area (Å²) in [4.78, 5) is 16.2. The molecule has 0 atom stereocenters. The van der Waals surface area contributed by atoms with Crippen molar-refractivity contribution >= 4 is 17.9 Å². The fourth-order valence-electron chi connectivity index (χ4n) is 2.18. The number of halogens is 1. The minimum absolute atomic E-state index is 0.0789. The molecular formula is C19H14FNO3. The van der Waals surface area contributed by atoms with Crippen molar-refractivity contribution in [2.24, 2.45) is 4.99 Å². The van der Waals surface area contributed by atoms with Crippen LogP contribution in [0.2, 0.25) is 0 Å². The zero-order valence-corrected chi connectivity index (χ0v) is 12.7. The van der Waals surface area contributed by atoms with E-state index in [1.54, 1.807) is 30.4 Å². The Bertz CT molecular complexity index is 855. The van der Waals surface area contributed by atoms with Crippen LogP contribution in [-0.4, -0.2) is 18.5 Å². The van der Waals surface area contributed by atoms with Gasteiger partial charge in [0.2, 0.25) is 5.90 Å². The molecule has 0 N–H and O–H groups in total. The molecule has 1 aliphatic heterocycles. The predicted molar refractivity (Wildman–Crippen MR) is 89.1 cm³/mol. The number of hydrogen-bond donors (Lipinski definition) is 0. The molecule has 2 aromatic rings. The largest absolute Gasteiger partial charge is 0.489 e. The number of benzene rings is 2. The fourth-order valence-corrected chi connectivity index (χ4v) is 2.18. The van der Waals surface area contributed by atoms with Crippen LogP contribution in [-0.2, 0) is 9.53 Å². The van der Waals surface area contributed by atoms with Gasteiger partial charge in [-0.05, 0) is 30.3 Å². The van der Waals surface area contributed by atoms with Gasteiger partial charge in [-0.1, -0.05) is 36.9 Å². The second-order valence-corrected chi connectivity index (χ2v) is 4.98. The Morgan fingerprint density at radius 1 is 1.21 bits per heavy atom. The lowest BCUT2D eigenvalue weighted by Gasteiger charge is -2.06. The van der Waals surface area contributed by atoms with Crippen LogP contribution in [0.15, 0.2) is 71.9 Å². The van der Waals surface area contributed by atoms with Crippen LogP contribution >= 0.6 is 0 Å². The third-order valence-electron chi connectivity index (χ3n) is 3.26. The van der Waals surface area contributed by atoms with Crippen molar-refractivity contribution < 1.29 is 18.7 Å². The molecule has 0 unspecified atom stereocenters. The predicted octanol–water partition coefficient (Wildman–Crippen LogP) is 3.74.